The van der Waals surface area contributed by atoms with Crippen LogP contribution in [0.25, 0.3) is 0 Å². The Morgan fingerprint density at radius 1 is 1.32 bits per heavy atom. The van der Waals surface area contributed by atoms with Crippen LogP contribution in [0.1, 0.15) is 12.8 Å². The second kappa shape index (κ2) is 6.08. The van der Waals surface area contributed by atoms with E-state index in [-0.39, 0.29) is 17.8 Å². The molecule has 1 heterocycles. The normalized spacial score (nSPS) is 17.3. The smallest absolute Gasteiger partial charge is 0.410 e. The molecular weight excluding hydrogens is 246 g/mol. The zero-order valence-corrected chi connectivity index (χ0v) is 10.5. The molecule has 1 aliphatic rings. The summed E-state index contributed by atoms with van der Waals surface area (Å²) in [5.41, 5.74) is 5.56. The van der Waals surface area contributed by atoms with Crippen LogP contribution in [0.5, 0.6) is 5.75 Å². The zero-order valence-electron chi connectivity index (χ0n) is 10.5. The van der Waals surface area contributed by atoms with Crippen molar-refractivity contribution >= 4 is 11.9 Å². The van der Waals surface area contributed by atoms with Crippen molar-refractivity contribution in [3.63, 3.8) is 0 Å². The lowest BCUT2D eigenvalue weighted by Crippen LogP contribution is -2.43. The average molecular weight is 263 g/mol. The highest BCUT2D eigenvalue weighted by Crippen LogP contribution is 2.19. The number of nitrogens with zero attached hydrogens (tertiary/aromatic N) is 2. The quantitative estimate of drug-likeness (QED) is 0.367. The molecule has 0 radical (unpaired) electrons. The Morgan fingerprint density at radius 3 is 2.53 bits per heavy atom. The molecule has 1 aromatic carbocycles. The number of amidine groups is 1. The Bertz CT molecular complexity index is 453. The Hall–Kier alpha value is -2.24. The molecular formula is C13H17N3O3. The molecule has 0 bridgehead atoms. The van der Waals surface area contributed by atoms with Gasteiger partial charge in [0.25, 0.3) is 0 Å². The number of carbonyl (C=O) groups is 1. The van der Waals surface area contributed by atoms with Crippen LogP contribution >= 0.6 is 0 Å². The Labute approximate surface area is 111 Å². The van der Waals surface area contributed by atoms with E-state index in [0.29, 0.717) is 31.7 Å². The van der Waals surface area contributed by atoms with E-state index >= 15 is 0 Å². The van der Waals surface area contributed by atoms with Gasteiger partial charge in [0.05, 0.1) is 0 Å². The molecule has 0 unspecified atom stereocenters. The summed E-state index contributed by atoms with van der Waals surface area (Å²) in [7, 11) is 0. The predicted molar refractivity (Wildman–Crippen MR) is 70.2 cm³/mol. The minimum atomic E-state index is -0.357. The standard InChI is InChI=1S/C13H17N3O3/c14-12(15-18)10-6-8-16(9-7-10)13(17)19-11-4-2-1-3-5-11/h1-5,10,18H,6-9H2,(H2,14,15). The molecule has 0 spiro atoms. The van der Waals surface area contributed by atoms with Gasteiger partial charge in [0.15, 0.2) is 0 Å². The van der Waals surface area contributed by atoms with E-state index in [0.717, 1.165) is 0 Å². The number of para-hydroxylation sites is 1. The van der Waals surface area contributed by atoms with Gasteiger partial charge >= 0.3 is 6.09 Å². The van der Waals surface area contributed by atoms with E-state index < -0.39 is 0 Å². The molecule has 2 rings (SSSR count). The zero-order chi connectivity index (χ0) is 13.7. The van der Waals surface area contributed by atoms with E-state index in [1.807, 2.05) is 18.2 Å². The van der Waals surface area contributed by atoms with Gasteiger partial charge in [-0.25, -0.2) is 4.79 Å². The van der Waals surface area contributed by atoms with Gasteiger partial charge in [0.1, 0.15) is 11.6 Å². The summed E-state index contributed by atoms with van der Waals surface area (Å²) in [5.74, 6) is 0.799. The van der Waals surface area contributed by atoms with E-state index in [9.17, 15) is 4.79 Å². The maximum atomic E-state index is 11.9. The lowest BCUT2D eigenvalue weighted by atomic mass is 9.96. The third-order valence-corrected chi connectivity index (χ3v) is 3.24. The monoisotopic (exact) mass is 263 g/mol. The van der Waals surface area contributed by atoms with Gasteiger partial charge in [0.2, 0.25) is 0 Å². The molecule has 1 aliphatic heterocycles. The van der Waals surface area contributed by atoms with Crippen LogP contribution in [0, 0.1) is 5.92 Å². The van der Waals surface area contributed by atoms with Crippen LogP contribution in [0.4, 0.5) is 4.79 Å². The molecule has 0 atom stereocenters. The largest absolute Gasteiger partial charge is 0.415 e. The highest BCUT2D eigenvalue weighted by Gasteiger charge is 2.26. The number of hydrogen-bond acceptors (Lipinski definition) is 4. The van der Waals surface area contributed by atoms with Crippen LogP contribution in [0.2, 0.25) is 0 Å². The lowest BCUT2D eigenvalue weighted by Gasteiger charge is -2.30. The summed E-state index contributed by atoms with van der Waals surface area (Å²) in [5, 5.41) is 11.6. The predicted octanol–water partition coefficient (Wildman–Crippen LogP) is 1.64. The van der Waals surface area contributed by atoms with Crippen molar-refractivity contribution in [2.24, 2.45) is 16.8 Å². The molecule has 6 heteroatoms. The second-order valence-electron chi connectivity index (χ2n) is 4.47. The van der Waals surface area contributed by atoms with Gasteiger partial charge in [-0.15, -0.1) is 0 Å². The number of hydrogen-bond donors (Lipinski definition) is 2. The van der Waals surface area contributed by atoms with Crippen molar-refractivity contribution in [2.45, 2.75) is 12.8 Å². The van der Waals surface area contributed by atoms with E-state index in [2.05, 4.69) is 5.16 Å². The molecule has 1 saturated heterocycles. The first-order chi connectivity index (χ1) is 9.20. The highest BCUT2D eigenvalue weighted by atomic mass is 16.6. The molecule has 0 saturated carbocycles. The Morgan fingerprint density at radius 2 is 1.95 bits per heavy atom. The number of nitrogens with two attached hydrogens (primary N) is 1. The van der Waals surface area contributed by atoms with Crippen LogP contribution in [0.15, 0.2) is 35.5 Å². The maximum Gasteiger partial charge on any atom is 0.415 e. The van der Waals surface area contributed by atoms with E-state index in [1.54, 1.807) is 17.0 Å². The fraction of sp³-hybridized carbons (Fsp3) is 0.385. The third-order valence-electron chi connectivity index (χ3n) is 3.24. The van der Waals surface area contributed by atoms with Gasteiger partial charge in [-0.05, 0) is 25.0 Å². The van der Waals surface area contributed by atoms with Crippen molar-refractivity contribution in [1.82, 2.24) is 4.90 Å². The first-order valence-electron chi connectivity index (χ1n) is 6.20. The molecule has 102 valence electrons. The summed E-state index contributed by atoms with van der Waals surface area (Å²) in [4.78, 5) is 13.5. The number of oxime groups is 1. The fourth-order valence-electron chi connectivity index (χ4n) is 2.09. The van der Waals surface area contributed by atoms with Gasteiger partial charge in [0, 0.05) is 19.0 Å². The van der Waals surface area contributed by atoms with Gasteiger partial charge in [-0.3, -0.25) is 0 Å². The Kier molecular flexibility index (Phi) is 4.22. The number of ether oxygens (including phenoxy) is 1. The van der Waals surface area contributed by atoms with Crippen LogP contribution < -0.4 is 10.5 Å². The van der Waals surface area contributed by atoms with E-state index in [4.69, 9.17) is 15.7 Å². The minimum absolute atomic E-state index is 0.0331. The molecule has 3 N–H and O–H groups in total. The first-order valence-corrected chi connectivity index (χ1v) is 6.20. The molecule has 6 nitrogen and oxygen atoms in total. The van der Waals surface area contributed by atoms with Gasteiger partial charge in [-0.2, -0.15) is 0 Å². The summed E-state index contributed by atoms with van der Waals surface area (Å²) in [6, 6.07) is 8.96. The molecule has 0 aliphatic carbocycles. The van der Waals surface area contributed by atoms with Crippen molar-refractivity contribution in [1.29, 1.82) is 0 Å². The topological polar surface area (TPSA) is 88.2 Å². The van der Waals surface area contributed by atoms with E-state index in [1.165, 1.54) is 0 Å². The minimum Gasteiger partial charge on any atom is -0.410 e. The summed E-state index contributed by atoms with van der Waals surface area (Å²) in [6.07, 6.45) is 1.00. The maximum absolute atomic E-state index is 11.9. The Balaban J connectivity index is 1.86. The first kappa shape index (κ1) is 13.2. The van der Waals surface area contributed by atoms with Crippen molar-refractivity contribution in [2.75, 3.05) is 13.1 Å². The average Bonchev–Trinajstić information content (AvgIpc) is 2.47. The number of carbonyl (C=O) groups excluding carboxylic acids is 1. The number of amides is 1. The van der Waals surface area contributed by atoms with Crippen LogP contribution in [-0.2, 0) is 0 Å². The lowest BCUT2D eigenvalue weighted by molar-refractivity contribution is 0.137. The van der Waals surface area contributed by atoms with Crippen LogP contribution in [-0.4, -0.2) is 35.1 Å². The summed E-state index contributed by atoms with van der Waals surface area (Å²) in [6.45, 7) is 1.10. The summed E-state index contributed by atoms with van der Waals surface area (Å²) >= 11 is 0. The number of piperidine rings is 1. The fourth-order valence-corrected chi connectivity index (χ4v) is 2.09. The van der Waals surface area contributed by atoms with Crippen molar-refractivity contribution in [3.05, 3.63) is 30.3 Å². The molecule has 1 amide bonds. The molecule has 1 aromatic rings. The number of benzene rings is 1. The van der Waals surface area contributed by atoms with Gasteiger partial charge in [-0.1, -0.05) is 23.4 Å². The van der Waals surface area contributed by atoms with Crippen molar-refractivity contribution < 1.29 is 14.7 Å². The number of rotatable bonds is 2. The molecule has 1 fully saturated rings. The molecule has 0 aromatic heterocycles. The van der Waals surface area contributed by atoms with Gasteiger partial charge < -0.3 is 20.6 Å². The van der Waals surface area contributed by atoms with Crippen LogP contribution in [0.3, 0.4) is 0 Å². The number of likely N-dealkylation sites (tertiary alicyclic amines) is 1. The molecule has 19 heavy (non-hydrogen) atoms. The third kappa shape index (κ3) is 3.37. The SMILES string of the molecule is N/C(=N\O)C1CCN(C(=O)Oc2ccccc2)CC1. The van der Waals surface area contributed by atoms with Crippen molar-refractivity contribution in [3.8, 4) is 5.75 Å². The summed E-state index contributed by atoms with van der Waals surface area (Å²) < 4.78 is 5.25. The highest BCUT2D eigenvalue weighted by molar-refractivity contribution is 5.82. The second-order valence-corrected chi connectivity index (χ2v) is 4.47.